The van der Waals surface area contributed by atoms with Crippen molar-refractivity contribution in [1.82, 2.24) is 0 Å². The number of nitrogens with zero attached hydrogens (tertiary/aromatic N) is 1. The summed E-state index contributed by atoms with van der Waals surface area (Å²) in [5, 5.41) is 7.07. The maximum Gasteiger partial charge on any atom is 0.137 e. The minimum absolute atomic E-state index is 0.354. The Labute approximate surface area is 325 Å². The molecule has 2 heterocycles. The largest absolute Gasteiger partial charge is 0.456 e. The van der Waals surface area contributed by atoms with Gasteiger partial charge in [0.2, 0.25) is 0 Å². The smallest absolute Gasteiger partial charge is 0.137 e. The van der Waals surface area contributed by atoms with Gasteiger partial charge in [-0.1, -0.05) is 109 Å². The van der Waals surface area contributed by atoms with Crippen LogP contribution < -0.4 is 4.90 Å². The number of benzene rings is 8. The summed E-state index contributed by atoms with van der Waals surface area (Å²) >= 11 is 0. The lowest BCUT2D eigenvalue weighted by atomic mass is 9.77. The highest BCUT2D eigenvalue weighted by Crippen LogP contribution is 2.56. The van der Waals surface area contributed by atoms with Crippen LogP contribution in [-0.4, -0.2) is 0 Å². The molecule has 10 aromatic rings. The van der Waals surface area contributed by atoms with Crippen LogP contribution in [0.1, 0.15) is 37.7 Å². The Balaban J connectivity index is 1.02. The first-order valence-electron chi connectivity index (χ1n) is 20.0. The van der Waals surface area contributed by atoms with Gasteiger partial charge in [-0.05, 0) is 137 Å². The fourth-order valence-corrected chi connectivity index (χ4v) is 10.4. The molecule has 3 nitrogen and oxygen atoms in total. The molecule has 2 bridgehead atoms. The molecule has 0 spiro atoms. The van der Waals surface area contributed by atoms with Crippen molar-refractivity contribution >= 4 is 71.7 Å². The second-order valence-corrected chi connectivity index (χ2v) is 16.1. The summed E-state index contributed by atoms with van der Waals surface area (Å²) in [7, 11) is 0. The van der Waals surface area contributed by atoms with Crippen molar-refractivity contribution in [2.45, 2.75) is 37.5 Å². The van der Waals surface area contributed by atoms with Gasteiger partial charge in [-0.2, -0.15) is 0 Å². The summed E-state index contributed by atoms with van der Waals surface area (Å²) in [5.74, 6) is 0.907. The Morgan fingerprint density at radius 3 is 1.93 bits per heavy atom. The first-order chi connectivity index (χ1) is 27.7. The highest BCUT2D eigenvalue weighted by atomic mass is 16.3. The molecular weight excluding hydrogens is 683 g/mol. The number of anilines is 3. The maximum absolute atomic E-state index is 6.67. The van der Waals surface area contributed by atoms with Crippen LogP contribution in [0, 0.1) is 5.92 Å². The van der Waals surface area contributed by atoms with E-state index >= 15 is 0 Å². The zero-order chi connectivity index (χ0) is 36.8. The number of hydrogen-bond acceptors (Lipinski definition) is 3. The summed E-state index contributed by atoms with van der Waals surface area (Å²) < 4.78 is 13.1. The molecule has 2 aromatic heterocycles. The van der Waals surface area contributed by atoms with Crippen molar-refractivity contribution in [3.8, 4) is 22.3 Å². The van der Waals surface area contributed by atoms with E-state index in [-0.39, 0.29) is 0 Å². The summed E-state index contributed by atoms with van der Waals surface area (Å²) in [5.41, 5.74) is 13.5. The van der Waals surface area contributed by atoms with Crippen LogP contribution in [0.15, 0.2) is 179 Å². The number of hydrogen-bond donors (Lipinski definition) is 0. The molecule has 8 aromatic carbocycles. The first kappa shape index (κ1) is 31.7. The molecule has 0 radical (unpaired) electrons. The van der Waals surface area contributed by atoms with Gasteiger partial charge in [-0.15, -0.1) is 0 Å². The molecule has 268 valence electrons. The van der Waals surface area contributed by atoms with Gasteiger partial charge in [0.15, 0.2) is 0 Å². The van der Waals surface area contributed by atoms with E-state index in [1.807, 2.05) is 6.07 Å². The average molecular weight is 722 g/mol. The molecule has 2 fully saturated rings. The SMILES string of the molecule is c1ccc(-c2cccc3cccc(-c4ccc(N(c5ccc6c(c5)oc5ccc(C78CCC(CC7)C8)cc56)c5cccc6oc7ccccc7c56)cc4)c23)cc1. The lowest BCUT2D eigenvalue weighted by Crippen LogP contribution is -2.19. The quantitative estimate of drug-likeness (QED) is 0.171. The van der Waals surface area contributed by atoms with Crippen LogP contribution in [0.4, 0.5) is 17.1 Å². The van der Waals surface area contributed by atoms with Gasteiger partial charge < -0.3 is 13.7 Å². The van der Waals surface area contributed by atoms with Gasteiger partial charge in [0, 0.05) is 33.6 Å². The van der Waals surface area contributed by atoms with E-state index in [9.17, 15) is 0 Å². The van der Waals surface area contributed by atoms with E-state index in [2.05, 4.69) is 169 Å². The van der Waals surface area contributed by atoms with Crippen LogP contribution >= 0.6 is 0 Å². The zero-order valence-electron chi connectivity index (χ0n) is 31.0. The summed E-state index contributed by atoms with van der Waals surface area (Å²) in [6, 6.07) is 61.5. The van der Waals surface area contributed by atoms with Gasteiger partial charge in [0.1, 0.15) is 22.3 Å². The number of para-hydroxylation sites is 1. The van der Waals surface area contributed by atoms with E-state index < -0.39 is 0 Å². The van der Waals surface area contributed by atoms with Gasteiger partial charge >= 0.3 is 0 Å². The molecule has 2 aliphatic rings. The van der Waals surface area contributed by atoms with Crippen molar-refractivity contribution in [3.05, 3.63) is 175 Å². The minimum atomic E-state index is 0.354. The number of furan rings is 2. The van der Waals surface area contributed by atoms with Crippen LogP contribution in [0.25, 0.3) is 76.9 Å². The third kappa shape index (κ3) is 4.83. The van der Waals surface area contributed by atoms with Crippen LogP contribution in [0.2, 0.25) is 0 Å². The Morgan fingerprint density at radius 1 is 0.464 bits per heavy atom. The van der Waals surface area contributed by atoms with E-state index in [0.29, 0.717) is 5.41 Å². The molecule has 0 amide bonds. The van der Waals surface area contributed by atoms with Gasteiger partial charge in [-0.3, -0.25) is 0 Å². The van der Waals surface area contributed by atoms with Crippen LogP contribution in [-0.2, 0) is 5.41 Å². The number of rotatable bonds is 6. The van der Waals surface area contributed by atoms with Crippen molar-refractivity contribution in [3.63, 3.8) is 0 Å². The Morgan fingerprint density at radius 2 is 1.14 bits per heavy atom. The fraction of sp³-hybridized carbons (Fsp3) is 0.132. The second kappa shape index (κ2) is 12.2. The van der Waals surface area contributed by atoms with Crippen molar-refractivity contribution in [2.75, 3.05) is 4.90 Å². The predicted octanol–water partition coefficient (Wildman–Crippen LogP) is 15.3. The van der Waals surface area contributed by atoms with Crippen molar-refractivity contribution < 1.29 is 8.83 Å². The van der Waals surface area contributed by atoms with Crippen LogP contribution in [0.3, 0.4) is 0 Å². The molecule has 0 aliphatic heterocycles. The van der Waals surface area contributed by atoms with E-state index in [1.165, 1.54) is 81.5 Å². The molecule has 3 heteroatoms. The van der Waals surface area contributed by atoms with Crippen LogP contribution in [0.5, 0.6) is 0 Å². The van der Waals surface area contributed by atoms with Gasteiger partial charge in [0.05, 0.1) is 11.1 Å². The lowest BCUT2D eigenvalue weighted by molar-refractivity contribution is 0.419. The predicted molar refractivity (Wildman–Crippen MR) is 232 cm³/mol. The summed E-state index contributed by atoms with van der Waals surface area (Å²) in [4.78, 5) is 2.36. The van der Waals surface area contributed by atoms with E-state index in [0.717, 1.165) is 56.1 Å². The molecular formula is C53H39NO2. The molecule has 0 saturated heterocycles. The third-order valence-corrected chi connectivity index (χ3v) is 13.1. The maximum atomic E-state index is 6.67. The van der Waals surface area contributed by atoms with Gasteiger partial charge in [0.25, 0.3) is 0 Å². The minimum Gasteiger partial charge on any atom is -0.456 e. The second-order valence-electron chi connectivity index (χ2n) is 16.1. The normalized spacial score (nSPS) is 17.9. The first-order valence-corrected chi connectivity index (χ1v) is 20.0. The highest BCUT2D eigenvalue weighted by Gasteiger charge is 2.45. The average Bonchev–Trinajstić information content (AvgIpc) is 4.06. The fourth-order valence-electron chi connectivity index (χ4n) is 10.4. The topological polar surface area (TPSA) is 29.5 Å². The Kier molecular flexibility index (Phi) is 6.92. The molecule has 56 heavy (non-hydrogen) atoms. The summed E-state index contributed by atoms with van der Waals surface area (Å²) in [6.45, 7) is 0. The summed E-state index contributed by atoms with van der Waals surface area (Å²) in [6.07, 6.45) is 6.73. The highest BCUT2D eigenvalue weighted by molar-refractivity contribution is 6.14. The number of fused-ring (bicyclic) bond motifs is 9. The Hall–Kier alpha value is -6.58. The molecule has 0 N–H and O–H groups in total. The monoisotopic (exact) mass is 721 g/mol. The zero-order valence-corrected chi connectivity index (χ0v) is 31.0. The lowest BCUT2D eigenvalue weighted by Gasteiger charge is -2.27. The molecule has 2 aliphatic carbocycles. The molecule has 2 saturated carbocycles. The molecule has 0 atom stereocenters. The van der Waals surface area contributed by atoms with E-state index in [1.54, 1.807) is 0 Å². The molecule has 0 unspecified atom stereocenters. The third-order valence-electron chi connectivity index (χ3n) is 13.1. The molecule has 12 rings (SSSR count). The van der Waals surface area contributed by atoms with E-state index in [4.69, 9.17) is 8.83 Å². The van der Waals surface area contributed by atoms with Crippen molar-refractivity contribution in [1.29, 1.82) is 0 Å². The van der Waals surface area contributed by atoms with Gasteiger partial charge in [-0.25, -0.2) is 0 Å². The van der Waals surface area contributed by atoms with Crippen molar-refractivity contribution in [2.24, 2.45) is 5.92 Å². The Bertz CT molecular complexity index is 3120. The standard InChI is InChI=1S/C53H39NO2/c1-2-9-35(10-3-1)41-14-6-11-37-12-7-15-42(51(37)41)36-19-22-39(23-20-36)54(46-16-8-18-49-52(46)44-13-4-5-17-47(44)55-49)40-24-25-43-45-31-38(21-26-48(45)56-50(43)32-40)53-29-27-34(33-53)28-30-53/h1-26,31-32,34H,27-30,33H2.